The molecule has 1 N–H and O–H groups in total. The summed E-state index contributed by atoms with van der Waals surface area (Å²) in [5.74, 6) is -2.14. The Morgan fingerprint density at radius 1 is 0.892 bits per heavy atom. The maximum Gasteiger partial charge on any atom is 0.335 e. The number of barbiturate groups is 1. The fourth-order valence-electron chi connectivity index (χ4n) is 3.33. The van der Waals surface area contributed by atoms with Crippen LogP contribution in [0, 0.1) is 20.2 Å². The molecular formula is C23H12Cl2N4O8. The Bertz CT molecular complexity index is 1540. The van der Waals surface area contributed by atoms with Crippen LogP contribution in [-0.2, 0) is 9.59 Å². The van der Waals surface area contributed by atoms with Gasteiger partial charge < -0.3 is 4.74 Å². The van der Waals surface area contributed by atoms with E-state index in [0.717, 1.165) is 23.1 Å². The number of hydrogen-bond acceptors (Lipinski definition) is 8. The van der Waals surface area contributed by atoms with E-state index in [-0.39, 0.29) is 38.4 Å². The van der Waals surface area contributed by atoms with Crippen molar-refractivity contribution < 1.29 is 29.0 Å². The first-order valence-electron chi connectivity index (χ1n) is 10.1. The summed E-state index contributed by atoms with van der Waals surface area (Å²) in [6.45, 7) is 0. The SMILES string of the molecule is O=C1NC(=O)N(c2cccc(Cl)c2)C(=O)/C1=C/c1ccc(Oc2ccc([N+](=O)[O-])cc2[N+](=O)[O-])c(Cl)c1. The molecule has 0 unspecified atom stereocenters. The van der Waals surface area contributed by atoms with E-state index in [4.69, 9.17) is 27.9 Å². The lowest BCUT2D eigenvalue weighted by Gasteiger charge is -2.26. The number of carbonyl (C=O) groups is 3. The van der Waals surface area contributed by atoms with Gasteiger partial charge in [0.15, 0.2) is 0 Å². The second kappa shape index (κ2) is 10.0. The summed E-state index contributed by atoms with van der Waals surface area (Å²) in [4.78, 5) is 59.1. The number of hydrogen-bond donors (Lipinski definition) is 1. The average molecular weight is 543 g/mol. The molecule has 0 saturated carbocycles. The predicted octanol–water partition coefficient (Wildman–Crippen LogP) is 5.27. The Hall–Kier alpha value is -4.81. The van der Waals surface area contributed by atoms with Gasteiger partial charge in [0.2, 0.25) is 5.75 Å². The molecule has 1 heterocycles. The maximum atomic E-state index is 13.0. The number of halogens is 2. The monoisotopic (exact) mass is 542 g/mol. The Morgan fingerprint density at radius 3 is 2.27 bits per heavy atom. The molecule has 0 radical (unpaired) electrons. The van der Waals surface area contributed by atoms with Crippen LogP contribution < -0.4 is 15.0 Å². The first kappa shape index (κ1) is 25.3. The normalized spacial score (nSPS) is 14.5. The first-order chi connectivity index (χ1) is 17.5. The number of urea groups is 1. The topological polar surface area (TPSA) is 162 Å². The van der Waals surface area contributed by atoms with Gasteiger partial charge in [-0.2, -0.15) is 0 Å². The van der Waals surface area contributed by atoms with E-state index in [9.17, 15) is 34.6 Å². The van der Waals surface area contributed by atoms with E-state index in [0.29, 0.717) is 0 Å². The van der Waals surface area contributed by atoms with Crippen molar-refractivity contribution in [3.8, 4) is 11.5 Å². The van der Waals surface area contributed by atoms with E-state index in [1.54, 1.807) is 6.07 Å². The third-order valence-corrected chi connectivity index (χ3v) is 5.54. The number of non-ortho nitro benzene ring substituents is 1. The standard InChI is InChI=1S/C23H12Cl2N4O8/c24-13-2-1-3-14(10-13)27-22(31)16(21(30)26-23(27)32)8-12-4-6-19(17(25)9-12)37-20-7-5-15(28(33)34)11-18(20)29(35)36/h1-11H,(H,26,30,32)/b16-8+. The Balaban J connectivity index is 1.64. The molecule has 0 aromatic heterocycles. The van der Waals surface area contributed by atoms with Crippen molar-refractivity contribution in [2.45, 2.75) is 0 Å². The summed E-state index contributed by atoms with van der Waals surface area (Å²) in [7, 11) is 0. The van der Waals surface area contributed by atoms with E-state index < -0.39 is 39.1 Å². The van der Waals surface area contributed by atoms with Crippen LogP contribution >= 0.6 is 23.2 Å². The summed E-state index contributed by atoms with van der Waals surface area (Å²) in [6, 6.07) is 11.9. The lowest BCUT2D eigenvalue weighted by molar-refractivity contribution is -0.394. The fraction of sp³-hybridized carbons (Fsp3) is 0. The molecule has 3 aromatic rings. The molecule has 12 nitrogen and oxygen atoms in total. The number of anilines is 1. The smallest absolute Gasteiger partial charge is 0.335 e. The lowest BCUT2D eigenvalue weighted by atomic mass is 10.1. The summed E-state index contributed by atoms with van der Waals surface area (Å²) in [6.07, 6.45) is 1.20. The molecule has 1 aliphatic heterocycles. The number of carbonyl (C=O) groups excluding carboxylic acids is 3. The highest BCUT2D eigenvalue weighted by atomic mass is 35.5. The van der Waals surface area contributed by atoms with Gasteiger partial charge in [-0.3, -0.25) is 35.1 Å². The van der Waals surface area contributed by atoms with Crippen molar-refractivity contribution in [1.29, 1.82) is 0 Å². The van der Waals surface area contributed by atoms with Crippen LogP contribution in [0.25, 0.3) is 6.08 Å². The Kier molecular flexibility index (Phi) is 6.87. The van der Waals surface area contributed by atoms with Gasteiger partial charge in [-0.25, -0.2) is 9.69 Å². The van der Waals surface area contributed by atoms with Gasteiger partial charge in [-0.1, -0.05) is 35.3 Å². The molecule has 1 saturated heterocycles. The van der Waals surface area contributed by atoms with Gasteiger partial charge in [0.1, 0.15) is 11.3 Å². The van der Waals surface area contributed by atoms with Gasteiger partial charge in [-0.15, -0.1) is 0 Å². The van der Waals surface area contributed by atoms with Crippen LogP contribution in [0.4, 0.5) is 21.9 Å². The van der Waals surface area contributed by atoms with Crippen LogP contribution in [-0.4, -0.2) is 27.7 Å². The average Bonchev–Trinajstić information content (AvgIpc) is 2.83. The zero-order valence-corrected chi connectivity index (χ0v) is 19.7. The molecule has 1 fully saturated rings. The van der Waals surface area contributed by atoms with E-state index in [1.165, 1.54) is 42.5 Å². The quantitative estimate of drug-likeness (QED) is 0.190. The number of ether oxygens (including phenoxy) is 1. The maximum absolute atomic E-state index is 13.0. The third-order valence-electron chi connectivity index (χ3n) is 5.00. The molecule has 37 heavy (non-hydrogen) atoms. The number of imide groups is 2. The number of rotatable bonds is 6. The molecule has 14 heteroatoms. The fourth-order valence-corrected chi connectivity index (χ4v) is 3.74. The minimum absolute atomic E-state index is 0.0316. The van der Waals surface area contributed by atoms with Crippen LogP contribution in [0.5, 0.6) is 11.5 Å². The van der Waals surface area contributed by atoms with Crippen LogP contribution in [0.3, 0.4) is 0 Å². The number of nitrogens with zero attached hydrogens (tertiary/aromatic N) is 3. The zero-order valence-electron chi connectivity index (χ0n) is 18.2. The number of nitro groups is 2. The number of benzene rings is 3. The summed E-state index contributed by atoms with van der Waals surface area (Å²) >= 11 is 12.2. The molecule has 3 aromatic carbocycles. The first-order valence-corrected chi connectivity index (χ1v) is 10.9. The van der Waals surface area contributed by atoms with Crippen LogP contribution in [0.2, 0.25) is 10.0 Å². The van der Waals surface area contributed by atoms with Gasteiger partial charge in [0, 0.05) is 11.1 Å². The molecule has 186 valence electrons. The lowest BCUT2D eigenvalue weighted by Crippen LogP contribution is -2.54. The highest BCUT2D eigenvalue weighted by Crippen LogP contribution is 2.37. The largest absolute Gasteiger partial charge is 0.449 e. The van der Waals surface area contributed by atoms with Gasteiger partial charge in [0.05, 0.1) is 26.6 Å². The molecule has 4 amide bonds. The number of amides is 4. The van der Waals surface area contributed by atoms with Gasteiger partial charge >= 0.3 is 11.7 Å². The van der Waals surface area contributed by atoms with Crippen LogP contribution in [0.1, 0.15) is 5.56 Å². The van der Waals surface area contributed by atoms with Gasteiger partial charge in [0.25, 0.3) is 17.5 Å². The van der Waals surface area contributed by atoms with Crippen molar-refractivity contribution in [2.24, 2.45) is 0 Å². The Morgan fingerprint density at radius 2 is 1.62 bits per heavy atom. The van der Waals surface area contributed by atoms with Crippen molar-refractivity contribution in [3.63, 3.8) is 0 Å². The second-order valence-electron chi connectivity index (χ2n) is 7.40. The molecule has 1 aliphatic rings. The number of nitrogens with one attached hydrogen (secondary N) is 1. The molecule has 0 bridgehead atoms. The summed E-state index contributed by atoms with van der Waals surface area (Å²) < 4.78 is 5.50. The van der Waals surface area contributed by atoms with E-state index in [1.807, 2.05) is 0 Å². The highest BCUT2D eigenvalue weighted by molar-refractivity contribution is 6.39. The minimum Gasteiger partial charge on any atom is -0.449 e. The van der Waals surface area contributed by atoms with Gasteiger partial charge in [-0.05, 0) is 48.0 Å². The number of nitro benzene ring substituents is 2. The molecule has 0 spiro atoms. The molecule has 0 aliphatic carbocycles. The second-order valence-corrected chi connectivity index (χ2v) is 8.24. The van der Waals surface area contributed by atoms with Crippen molar-refractivity contribution >= 4 is 64.2 Å². The zero-order chi connectivity index (χ0) is 26.9. The van der Waals surface area contributed by atoms with E-state index in [2.05, 4.69) is 5.32 Å². The molecule has 4 rings (SSSR count). The van der Waals surface area contributed by atoms with Crippen LogP contribution in [0.15, 0.2) is 66.2 Å². The predicted molar refractivity (Wildman–Crippen MR) is 132 cm³/mol. The highest BCUT2D eigenvalue weighted by Gasteiger charge is 2.37. The van der Waals surface area contributed by atoms with E-state index >= 15 is 0 Å². The summed E-state index contributed by atoms with van der Waals surface area (Å²) in [5, 5.41) is 24.6. The molecule has 0 atom stereocenters. The third kappa shape index (κ3) is 5.24. The Labute approximate surface area is 216 Å². The molecular weight excluding hydrogens is 531 g/mol. The van der Waals surface area contributed by atoms with Crippen molar-refractivity contribution in [2.75, 3.05) is 4.90 Å². The van der Waals surface area contributed by atoms with Crippen molar-refractivity contribution in [3.05, 3.63) is 102 Å². The summed E-state index contributed by atoms with van der Waals surface area (Å²) in [5.41, 5.74) is -1.08. The minimum atomic E-state index is -0.944. The van der Waals surface area contributed by atoms with Crippen molar-refractivity contribution in [1.82, 2.24) is 5.32 Å².